The van der Waals surface area contributed by atoms with E-state index in [4.69, 9.17) is 0 Å². The van der Waals surface area contributed by atoms with Crippen LogP contribution in [0.1, 0.15) is 16.7 Å². The molecule has 21 heavy (non-hydrogen) atoms. The predicted molar refractivity (Wildman–Crippen MR) is 82.7 cm³/mol. The lowest BCUT2D eigenvalue weighted by molar-refractivity contribution is -0.119. The van der Waals surface area contributed by atoms with Gasteiger partial charge in [-0.3, -0.25) is 4.79 Å². The first-order valence-corrected chi connectivity index (χ1v) is 6.87. The van der Waals surface area contributed by atoms with Crippen molar-refractivity contribution >= 4 is 11.6 Å². The number of carbonyl (C=O) groups is 1. The summed E-state index contributed by atoms with van der Waals surface area (Å²) >= 11 is 0. The third-order valence-electron chi connectivity index (χ3n) is 3.26. The van der Waals surface area contributed by atoms with Crippen LogP contribution in [-0.2, 0) is 11.3 Å². The molecule has 2 aromatic rings. The Labute approximate surface area is 124 Å². The average molecular weight is 286 g/mol. The van der Waals surface area contributed by atoms with Gasteiger partial charge < -0.3 is 10.6 Å². The normalized spacial score (nSPS) is 10.2. The summed E-state index contributed by atoms with van der Waals surface area (Å²) in [5.41, 5.74) is 3.69. The van der Waals surface area contributed by atoms with E-state index in [1.807, 2.05) is 26.0 Å². The SMILES string of the molecule is Cc1ccc(NCC(=O)NCc2ccccc2F)c(C)c1. The fraction of sp³-hybridized carbons (Fsp3) is 0.235. The molecule has 0 aliphatic carbocycles. The number of hydrogen-bond acceptors (Lipinski definition) is 2. The lowest BCUT2D eigenvalue weighted by atomic mass is 10.1. The van der Waals surface area contributed by atoms with E-state index >= 15 is 0 Å². The predicted octanol–water partition coefficient (Wildman–Crippen LogP) is 3.17. The monoisotopic (exact) mass is 286 g/mol. The number of halogens is 1. The van der Waals surface area contributed by atoms with Crippen molar-refractivity contribution in [2.24, 2.45) is 0 Å². The summed E-state index contributed by atoms with van der Waals surface area (Å²) in [4.78, 5) is 11.8. The van der Waals surface area contributed by atoms with E-state index < -0.39 is 0 Å². The van der Waals surface area contributed by atoms with Crippen LogP contribution in [0.4, 0.5) is 10.1 Å². The molecule has 0 fully saturated rings. The maximum Gasteiger partial charge on any atom is 0.239 e. The number of anilines is 1. The number of hydrogen-bond donors (Lipinski definition) is 2. The van der Waals surface area contributed by atoms with Gasteiger partial charge in [0.15, 0.2) is 0 Å². The first-order valence-electron chi connectivity index (χ1n) is 6.87. The molecule has 0 atom stereocenters. The van der Waals surface area contributed by atoms with Crippen LogP contribution in [0.25, 0.3) is 0 Å². The number of benzene rings is 2. The van der Waals surface area contributed by atoms with Crippen LogP contribution in [0.5, 0.6) is 0 Å². The van der Waals surface area contributed by atoms with Crippen LogP contribution in [0.15, 0.2) is 42.5 Å². The van der Waals surface area contributed by atoms with Crippen molar-refractivity contribution in [1.29, 1.82) is 0 Å². The van der Waals surface area contributed by atoms with E-state index in [9.17, 15) is 9.18 Å². The molecule has 0 saturated heterocycles. The number of carbonyl (C=O) groups excluding carboxylic acids is 1. The fourth-order valence-electron chi connectivity index (χ4n) is 2.09. The van der Waals surface area contributed by atoms with Crippen molar-refractivity contribution in [3.8, 4) is 0 Å². The van der Waals surface area contributed by atoms with Crippen molar-refractivity contribution in [2.45, 2.75) is 20.4 Å². The Hall–Kier alpha value is -2.36. The molecule has 2 N–H and O–H groups in total. The molecule has 3 nitrogen and oxygen atoms in total. The highest BCUT2D eigenvalue weighted by molar-refractivity contribution is 5.80. The largest absolute Gasteiger partial charge is 0.376 e. The van der Waals surface area contributed by atoms with Crippen molar-refractivity contribution < 1.29 is 9.18 Å². The Morgan fingerprint density at radius 3 is 2.62 bits per heavy atom. The molecule has 110 valence electrons. The van der Waals surface area contributed by atoms with Crippen molar-refractivity contribution in [3.63, 3.8) is 0 Å². The molecule has 0 aromatic heterocycles. The van der Waals surface area contributed by atoms with E-state index in [-0.39, 0.29) is 24.8 Å². The zero-order chi connectivity index (χ0) is 15.2. The van der Waals surface area contributed by atoms with Crippen molar-refractivity contribution in [2.75, 3.05) is 11.9 Å². The van der Waals surface area contributed by atoms with E-state index in [1.54, 1.807) is 18.2 Å². The molecular formula is C17H19FN2O. The quantitative estimate of drug-likeness (QED) is 0.886. The molecule has 2 aromatic carbocycles. The topological polar surface area (TPSA) is 41.1 Å². The first kappa shape index (κ1) is 15.0. The van der Waals surface area contributed by atoms with Crippen LogP contribution in [0.3, 0.4) is 0 Å². The van der Waals surface area contributed by atoms with Crippen LogP contribution in [0.2, 0.25) is 0 Å². The summed E-state index contributed by atoms with van der Waals surface area (Å²) < 4.78 is 13.4. The number of aryl methyl sites for hydroxylation is 2. The molecule has 0 heterocycles. The second-order valence-electron chi connectivity index (χ2n) is 5.04. The molecule has 0 radical (unpaired) electrons. The van der Waals surface area contributed by atoms with Crippen molar-refractivity contribution in [1.82, 2.24) is 5.32 Å². The molecule has 0 spiro atoms. The average Bonchev–Trinajstić information content (AvgIpc) is 2.45. The van der Waals surface area contributed by atoms with Gasteiger partial charge >= 0.3 is 0 Å². The molecule has 0 unspecified atom stereocenters. The Morgan fingerprint density at radius 1 is 1.14 bits per heavy atom. The van der Waals surface area contributed by atoms with E-state index in [0.717, 1.165) is 11.3 Å². The third kappa shape index (κ3) is 4.31. The minimum atomic E-state index is -0.305. The van der Waals surface area contributed by atoms with Gasteiger partial charge in [0.25, 0.3) is 0 Å². The van der Waals surface area contributed by atoms with E-state index in [0.29, 0.717) is 5.56 Å². The number of amides is 1. The molecular weight excluding hydrogens is 267 g/mol. The summed E-state index contributed by atoms with van der Waals surface area (Å²) in [6, 6.07) is 12.4. The van der Waals surface area contributed by atoms with Gasteiger partial charge in [0.05, 0.1) is 6.54 Å². The van der Waals surface area contributed by atoms with Gasteiger partial charge in [-0.25, -0.2) is 4.39 Å². The Bertz CT molecular complexity index is 640. The van der Waals surface area contributed by atoms with Gasteiger partial charge in [0, 0.05) is 17.8 Å². The lowest BCUT2D eigenvalue weighted by Gasteiger charge is -2.11. The van der Waals surface area contributed by atoms with Crippen LogP contribution in [0, 0.1) is 19.7 Å². The standard InChI is InChI=1S/C17H19FN2O/c1-12-7-8-16(13(2)9-12)19-11-17(21)20-10-14-5-3-4-6-15(14)18/h3-9,19H,10-11H2,1-2H3,(H,20,21). The summed E-state index contributed by atoms with van der Waals surface area (Å²) in [6.45, 7) is 4.38. The van der Waals surface area contributed by atoms with Crippen LogP contribution < -0.4 is 10.6 Å². The first-order chi connectivity index (χ1) is 10.1. The highest BCUT2D eigenvalue weighted by atomic mass is 19.1. The molecule has 2 rings (SSSR count). The molecule has 0 saturated carbocycles. The van der Waals surface area contributed by atoms with Gasteiger partial charge in [0.1, 0.15) is 5.82 Å². The maximum absolute atomic E-state index is 13.4. The Kier molecular flexibility index (Phi) is 4.93. The van der Waals surface area contributed by atoms with Crippen LogP contribution in [-0.4, -0.2) is 12.5 Å². The third-order valence-corrected chi connectivity index (χ3v) is 3.26. The van der Waals surface area contributed by atoms with Gasteiger partial charge in [-0.2, -0.15) is 0 Å². The summed E-state index contributed by atoms with van der Waals surface area (Å²) in [7, 11) is 0. The molecule has 0 aliphatic heterocycles. The summed E-state index contributed by atoms with van der Waals surface area (Å²) in [5.74, 6) is -0.474. The second-order valence-corrected chi connectivity index (χ2v) is 5.04. The van der Waals surface area contributed by atoms with E-state index in [2.05, 4.69) is 16.7 Å². The fourth-order valence-corrected chi connectivity index (χ4v) is 2.09. The number of nitrogens with one attached hydrogen (secondary N) is 2. The van der Waals surface area contributed by atoms with Gasteiger partial charge in [-0.1, -0.05) is 35.9 Å². The minimum Gasteiger partial charge on any atom is -0.376 e. The zero-order valence-electron chi connectivity index (χ0n) is 12.2. The van der Waals surface area contributed by atoms with Crippen molar-refractivity contribution in [3.05, 3.63) is 65.0 Å². The van der Waals surface area contributed by atoms with E-state index in [1.165, 1.54) is 11.6 Å². The molecule has 1 amide bonds. The Balaban J connectivity index is 1.84. The molecule has 4 heteroatoms. The van der Waals surface area contributed by atoms with Crippen LogP contribution >= 0.6 is 0 Å². The highest BCUT2D eigenvalue weighted by Crippen LogP contribution is 2.15. The van der Waals surface area contributed by atoms with Gasteiger partial charge in [-0.15, -0.1) is 0 Å². The maximum atomic E-state index is 13.4. The smallest absolute Gasteiger partial charge is 0.239 e. The molecule has 0 aliphatic rings. The molecule has 0 bridgehead atoms. The summed E-state index contributed by atoms with van der Waals surface area (Å²) in [5, 5.41) is 5.78. The zero-order valence-corrected chi connectivity index (χ0v) is 12.2. The van der Waals surface area contributed by atoms with Gasteiger partial charge in [0.2, 0.25) is 5.91 Å². The number of rotatable bonds is 5. The van der Waals surface area contributed by atoms with Gasteiger partial charge in [-0.05, 0) is 31.5 Å². The second kappa shape index (κ2) is 6.88. The minimum absolute atomic E-state index is 0.165. The summed E-state index contributed by atoms with van der Waals surface area (Å²) in [6.07, 6.45) is 0. The Morgan fingerprint density at radius 2 is 1.90 bits per heavy atom. The highest BCUT2D eigenvalue weighted by Gasteiger charge is 2.05. The lowest BCUT2D eigenvalue weighted by Crippen LogP contribution is -2.29.